The highest BCUT2D eigenvalue weighted by atomic mass is 35.5. The molecule has 9 heteroatoms. The number of benzene rings is 2. The maximum absolute atomic E-state index is 12.4. The van der Waals surface area contributed by atoms with Crippen LogP contribution in [0.3, 0.4) is 0 Å². The molecule has 1 heterocycles. The van der Waals surface area contributed by atoms with Crippen LogP contribution in [0, 0.1) is 0 Å². The Morgan fingerprint density at radius 2 is 1.79 bits per heavy atom. The number of halogens is 2. The molecule has 0 saturated carbocycles. The number of rotatable bonds is 6. The van der Waals surface area contributed by atoms with Crippen LogP contribution in [-0.2, 0) is 9.53 Å². The number of nitrogens with zero attached hydrogens (tertiary/aromatic N) is 1. The maximum Gasteiger partial charge on any atom is 0.358 e. The molecule has 0 aliphatic heterocycles. The van der Waals surface area contributed by atoms with E-state index >= 15 is 0 Å². The molecule has 0 fully saturated rings. The van der Waals surface area contributed by atoms with Gasteiger partial charge in [-0.05, 0) is 37.3 Å². The molecule has 0 radical (unpaired) electrons. The van der Waals surface area contributed by atoms with E-state index in [-0.39, 0.29) is 5.69 Å². The monoisotopic (exact) mass is 450 g/mol. The van der Waals surface area contributed by atoms with Gasteiger partial charge in [-0.2, -0.15) is 0 Å². The fourth-order valence-electron chi connectivity index (χ4n) is 2.38. The third kappa shape index (κ3) is 5.26. The number of amides is 1. The molecule has 1 aromatic heterocycles. The molecule has 0 aliphatic rings. The summed E-state index contributed by atoms with van der Waals surface area (Å²) in [5.41, 5.74) is 1.34. The Labute approximate surface area is 181 Å². The minimum Gasteiger partial charge on any atom is -0.495 e. The molecule has 2 aromatic carbocycles. The Hall–Kier alpha value is -2.61. The average Bonchev–Trinajstić information content (AvgIpc) is 3.19. The van der Waals surface area contributed by atoms with Crippen molar-refractivity contribution in [1.82, 2.24) is 4.98 Å². The van der Waals surface area contributed by atoms with Gasteiger partial charge in [0.25, 0.3) is 5.91 Å². The van der Waals surface area contributed by atoms with Crippen molar-refractivity contribution in [2.75, 3.05) is 12.4 Å². The Kier molecular flexibility index (Phi) is 6.74. The normalized spacial score (nSPS) is 11.6. The zero-order chi connectivity index (χ0) is 21.0. The van der Waals surface area contributed by atoms with Crippen LogP contribution in [0.15, 0.2) is 47.8 Å². The van der Waals surface area contributed by atoms with E-state index in [4.69, 9.17) is 32.7 Å². The second kappa shape index (κ2) is 9.26. The maximum atomic E-state index is 12.4. The quantitative estimate of drug-likeness (QED) is 0.514. The van der Waals surface area contributed by atoms with Gasteiger partial charge < -0.3 is 14.8 Å². The molecule has 0 aliphatic carbocycles. The van der Waals surface area contributed by atoms with Gasteiger partial charge >= 0.3 is 5.97 Å². The minimum absolute atomic E-state index is 0.125. The molecule has 150 valence electrons. The first-order valence-electron chi connectivity index (χ1n) is 8.44. The van der Waals surface area contributed by atoms with Crippen LogP contribution < -0.4 is 10.1 Å². The lowest BCUT2D eigenvalue weighted by atomic mass is 10.2. The van der Waals surface area contributed by atoms with Crippen LogP contribution in [0.5, 0.6) is 5.75 Å². The summed E-state index contributed by atoms with van der Waals surface area (Å²) in [5, 5.41) is 5.91. The van der Waals surface area contributed by atoms with E-state index in [1.165, 1.54) is 25.4 Å². The van der Waals surface area contributed by atoms with Gasteiger partial charge in [0.15, 0.2) is 11.8 Å². The number of methoxy groups -OCH3 is 1. The van der Waals surface area contributed by atoms with E-state index in [2.05, 4.69) is 10.3 Å². The molecule has 0 spiro atoms. The predicted octanol–water partition coefficient (Wildman–Crippen LogP) is 5.31. The number of hydrogen-bond donors (Lipinski definition) is 1. The smallest absolute Gasteiger partial charge is 0.358 e. The first-order valence-corrected chi connectivity index (χ1v) is 10.1. The standard InChI is InChI=1S/C20H16Cl2N2O4S/c1-11(18(25)23-15-9-14(22)7-8-17(15)27-2)28-20(26)16-10-29-19(24-16)12-3-5-13(21)6-4-12/h3-11H,1-2H3,(H,23,25). The summed E-state index contributed by atoms with van der Waals surface area (Å²) in [6.07, 6.45) is -1.05. The van der Waals surface area contributed by atoms with Crippen molar-refractivity contribution in [3.05, 3.63) is 63.6 Å². The highest BCUT2D eigenvalue weighted by molar-refractivity contribution is 7.13. The number of aromatic nitrogens is 1. The van der Waals surface area contributed by atoms with Gasteiger partial charge in [0.1, 0.15) is 10.8 Å². The molecule has 29 heavy (non-hydrogen) atoms. The van der Waals surface area contributed by atoms with Crippen molar-refractivity contribution in [3.63, 3.8) is 0 Å². The third-order valence-electron chi connectivity index (χ3n) is 3.88. The van der Waals surface area contributed by atoms with Gasteiger partial charge in [-0.15, -0.1) is 11.3 Å². The number of anilines is 1. The van der Waals surface area contributed by atoms with Gasteiger partial charge in [-0.25, -0.2) is 9.78 Å². The topological polar surface area (TPSA) is 77.5 Å². The number of ether oxygens (including phenoxy) is 2. The van der Waals surface area contributed by atoms with Crippen LogP contribution in [0.1, 0.15) is 17.4 Å². The minimum atomic E-state index is -1.05. The first kappa shape index (κ1) is 21.1. The Morgan fingerprint density at radius 3 is 2.48 bits per heavy atom. The SMILES string of the molecule is COc1ccc(Cl)cc1NC(=O)C(C)OC(=O)c1csc(-c2ccc(Cl)cc2)n1. The molecular formula is C20H16Cl2N2O4S. The lowest BCUT2D eigenvalue weighted by Crippen LogP contribution is -2.30. The highest BCUT2D eigenvalue weighted by Gasteiger charge is 2.22. The van der Waals surface area contributed by atoms with Crippen molar-refractivity contribution < 1.29 is 19.1 Å². The van der Waals surface area contributed by atoms with Gasteiger partial charge in [-0.1, -0.05) is 35.3 Å². The molecule has 1 unspecified atom stereocenters. The van der Waals surface area contributed by atoms with Crippen molar-refractivity contribution in [1.29, 1.82) is 0 Å². The fraction of sp³-hybridized carbons (Fsp3) is 0.150. The summed E-state index contributed by atoms with van der Waals surface area (Å²) in [5.74, 6) is -0.775. The summed E-state index contributed by atoms with van der Waals surface area (Å²) >= 11 is 13.1. The van der Waals surface area contributed by atoms with E-state index in [1.54, 1.807) is 35.7 Å². The molecule has 0 saturated heterocycles. The van der Waals surface area contributed by atoms with Gasteiger partial charge in [0.05, 0.1) is 12.8 Å². The summed E-state index contributed by atoms with van der Waals surface area (Å²) < 4.78 is 10.4. The van der Waals surface area contributed by atoms with E-state index < -0.39 is 18.0 Å². The van der Waals surface area contributed by atoms with E-state index in [9.17, 15) is 9.59 Å². The zero-order valence-electron chi connectivity index (χ0n) is 15.4. The molecule has 1 atom stereocenters. The van der Waals surface area contributed by atoms with Crippen molar-refractivity contribution >= 4 is 52.1 Å². The Balaban J connectivity index is 1.65. The summed E-state index contributed by atoms with van der Waals surface area (Å²) in [4.78, 5) is 29.0. The fourth-order valence-corrected chi connectivity index (χ4v) is 3.47. The van der Waals surface area contributed by atoms with E-state index in [0.29, 0.717) is 26.5 Å². The van der Waals surface area contributed by atoms with Gasteiger partial charge in [0.2, 0.25) is 0 Å². The third-order valence-corrected chi connectivity index (χ3v) is 5.26. The summed E-state index contributed by atoms with van der Waals surface area (Å²) in [6, 6.07) is 11.9. The van der Waals surface area contributed by atoms with E-state index in [1.807, 2.05) is 12.1 Å². The lowest BCUT2D eigenvalue weighted by molar-refractivity contribution is -0.123. The number of hydrogen-bond acceptors (Lipinski definition) is 6. The Morgan fingerprint density at radius 1 is 1.10 bits per heavy atom. The van der Waals surface area contributed by atoms with Gasteiger partial charge in [0, 0.05) is 21.0 Å². The average molecular weight is 451 g/mol. The van der Waals surface area contributed by atoms with Crippen molar-refractivity contribution in [2.45, 2.75) is 13.0 Å². The van der Waals surface area contributed by atoms with Crippen molar-refractivity contribution in [2.24, 2.45) is 0 Å². The van der Waals surface area contributed by atoms with Crippen molar-refractivity contribution in [3.8, 4) is 16.3 Å². The van der Waals surface area contributed by atoms with Crippen LogP contribution in [0.25, 0.3) is 10.6 Å². The number of thiazole rings is 1. The molecule has 6 nitrogen and oxygen atoms in total. The largest absolute Gasteiger partial charge is 0.495 e. The van der Waals surface area contributed by atoms with Crippen LogP contribution in [0.2, 0.25) is 10.0 Å². The number of esters is 1. The predicted molar refractivity (Wildman–Crippen MR) is 114 cm³/mol. The highest BCUT2D eigenvalue weighted by Crippen LogP contribution is 2.28. The van der Waals surface area contributed by atoms with E-state index in [0.717, 1.165) is 5.56 Å². The second-order valence-corrected chi connectivity index (χ2v) is 7.66. The van der Waals surface area contributed by atoms with Gasteiger partial charge in [-0.3, -0.25) is 4.79 Å². The number of carbonyl (C=O) groups excluding carboxylic acids is 2. The summed E-state index contributed by atoms with van der Waals surface area (Å²) in [6.45, 7) is 1.47. The molecule has 1 amide bonds. The zero-order valence-corrected chi connectivity index (χ0v) is 17.8. The molecule has 3 rings (SSSR count). The molecule has 3 aromatic rings. The molecule has 1 N–H and O–H groups in total. The summed E-state index contributed by atoms with van der Waals surface area (Å²) in [7, 11) is 1.48. The van der Waals surface area contributed by atoms with Crippen LogP contribution in [0.4, 0.5) is 5.69 Å². The Bertz CT molecular complexity index is 1040. The van der Waals surface area contributed by atoms with Crippen LogP contribution >= 0.6 is 34.5 Å². The number of nitrogens with one attached hydrogen (secondary N) is 1. The molecule has 0 bridgehead atoms. The number of carbonyl (C=O) groups is 2. The second-order valence-electron chi connectivity index (χ2n) is 5.93. The first-order chi connectivity index (χ1) is 13.9. The van der Waals surface area contributed by atoms with Crippen LogP contribution in [-0.4, -0.2) is 30.1 Å². The molecular weight excluding hydrogens is 435 g/mol. The lowest BCUT2D eigenvalue weighted by Gasteiger charge is -2.15.